The Kier molecular flexibility index (Phi) is 3.77. The van der Waals surface area contributed by atoms with E-state index in [9.17, 15) is 4.79 Å². The fourth-order valence-corrected chi connectivity index (χ4v) is 2.35. The fourth-order valence-electron chi connectivity index (χ4n) is 2.35. The maximum absolute atomic E-state index is 12.2. The predicted octanol–water partition coefficient (Wildman–Crippen LogP) is 1.49. The van der Waals surface area contributed by atoms with Gasteiger partial charge in [0.1, 0.15) is 0 Å². The fraction of sp³-hybridized carbons (Fsp3) is 0.917. The van der Waals surface area contributed by atoms with E-state index in [1.165, 1.54) is 0 Å². The van der Waals surface area contributed by atoms with Crippen LogP contribution in [0.1, 0.15) is 34.1 Å². The van der Waals surface area contributed by atoms with Gasteiger partial charge in [-0.1, -0.05) is 13.8 Å². The Morgan fingerprint density at radius 3 is 2.27 bits per heavy atom. The Morgan fingerprint density at radius 2 is 1.93 bits per heavy atom. The van der Waals surface area contributed by atoms with Crippen molar-refractivity contribution < 1.29 is 4.79 Å². The molecule has 1 aliphatic heterocycles. The summed E-state index contributed by atoms with van der Waals surface area (Å²) in [5.41, 5.74) is -0.168. The minimum atomic E-state index is -0.168. The molecule has 15 heavy (non-hydrogen) atoms. The molecule has 1 fully saturated rings. The molecule has 0 radical (unpaired) electrons. The number of carbonyl (C=O) groups is 1. The standard InChI is InChI=1S/C12H24N2O/c1-9(2)12(6-7-14(5)8-12)11(15)13-10(3)4/h9-10H,6-8H2,1-5H3,(H,13,15). The third kappa shape index (κ3) is 2.51. The molecule has 1 heterocycles. The van der Waals surface area contributed by atoms with Gasteiger partial charge in [0, 0.05) is 12.6 Å². The first-order valence-corrected chi connectivity index (χ1v) is 5.88. The molecule has 1 unspecified atom stereocenters. The van der Waals surface area contributed by atoms with E-state index in [0.717, 1.165) is 19.5 Å². The minimum Gasteiger partial charge on any atom is -0.353 e. The average Bonchev–Trinajstić information content (AvgIpc) is 2.47. The highest BCUT2D eigenvalue weighted by Gasteiger charge is 2.45. The smallest absolute Gasteiger partial charge is 0.228 e. The molecule has 1 aliphatic rings. The molecule has 1 amide bonds. The van der Waals surface area contributed by atoms with Gasteiger partial charge in [-0.15, -0.1) is 0 Å². The lowest BCUT2D eigenvalue weighted by molar-refractivity contribution is -0.133. The van der Waals surface area contributed by atoms with Crippen molar-refractivity contribution in [2.75, 3.05) is 20.1 Å². The van der Waals surface area contributed by atoms with E-state index < -0.39 is 0 Å². The van der Waals surface area contributed by atoms with Crippen LogP contribution in [0.15, 0.2) is 0 Å². The molecule has 1 rings (SSSR count). The van der Waals surface area contributed by atoms with E-state index in [-0.39, 0.29) is 17.4 Å². The Balaban J connectivity index is 2.78. The van der Waals surface area contributed by atoms with Gasteiger partial charge in [0.25, 0.3) is 0 Å². The van der Waals surface area contributed by atoms with Gasteiger partial charge >= 0.3 is 0 Å². The summed E-state index contributed by atoms with van der Waals surface area (Å²) in [4.78, 5) is 14.5. The van der Waals surface area contributed by atoms with Crippen LogP contribution in [0.5, 0.6) is 0 Å². The summed E-state index contributed by atoms with van der Waals surface area (Å²) in [5.74, 6) is 0.637. The van der Waals surface area contributed by atoms with Gasteiger partial charge in [-0.05, 0) is 39.8 Å². The number of nitrogens with zero attached hydrogens (tertiary/aromatic N) is 1. The molecule has 88 valence electrons. The molecule has 0 aromatic heterocycles. The zero-order chi connectivity index (χ0) is 11.6. The van der Waals surface area contributed by atoms with Crippen LogP contribution >= 0.6 is 0 Å². The summed E-state index contributed by atoms with van der Waals surface area (Å²) in [7, 11) is 2.09. The largest absolute Gasteiger partial charge is 0.353 e. The van der Waals surface area contributed by atoms with Crippen LogP contribution in [0.4, 0.5) is 0 Å². The van der Waals surface area contributed by atoms with E-state index in [1.807, 2.05) is 13.8 Å². The quantitative estimate of drug-likeness (QED) is 0.768. The van der Waals surface area contributed by atoms with E-state index in [2.05, 4.69) is 31.1 Å². The first-order chi connectivity index (χ1) is 6.88. The van der Waals surface area contributed by atoms with Crippen molar-refractivity contribution in [2.45, 2.75) is 40.2 Å². The lowest BCUT2D eigenvalue weighted by atomic mass is 9.75. The van der Waals surface area contributed by atoms with Crippen LogP contribution < -0.4 is 5.32 Å². The lowest BCUT2D eigenvalue weighted by Gasteiger charge is -2.32. The zero-order valence-corrected chi connectivity index (χ0v) is 10.6. The van der Waals surface area contributed by atoms with Gasteiger partial charge in [0.15, 0.2) is 0 Å². The number of likely N-dealkylation sites (tertiary alicyclic amines) is 1. The molecule has 1 saturated heterocycles. The first-order valence-electron chi connectivity index (χ1n) is 5.88. The molecule has 3 heteroatoms. The molecule has 0 aromatic carbocycles. The molecule has 0 bridgehead atoms. The third-order valence-electron chi connectivity index (χ3n) is 3.47. The van der Waals surface area contributed by atoms with E-state index in [1.54, 1.807) is 0 Å². The van der Waals surface area contributed by atoms with Gasteiger partial charge in [-0.3, -0.25) is 4.79 Å². The second kappa shape index (κ2) is 4.52. The minimum absolute atomic E-state index is 0.168. The van der Waals surface area contributed by atoms with E-state index in [4.69, 9.17) is 0 Å². The molecule has 0 spiro atoms. The number of amides is 1. The number of hydrogen-bond donors (Lipinski definition) is 1. The summed E-state index contributed by atoms with van der Waals surface area (Å²) >= 11 is 0. The molecule has 3 nitrogen and oxygen atoms in total. The highest BCUT2D eigenvalue weighted by molar-refractivity contribution is 5.83. The van der Waals surface area contributed by atoms with Gasteiger partial charge in [0.05, 0.1) is 5.41 Å². The normalized spacial score (nSPS) is 27.7. The molecular weight excluding hydrogens is 188 g/mol. The molecule has 0 aliphatic carbocycles. The maximum Gasteiger partial charge on any atom is 0.228 e. The van der Waals surface area contributed by atoms with E-state index >= 15 is 0 Å². The molecule has 0 aromatic rings. The number of carbonyl (C=O) groups excluding carboxylic acids is 1. The van der Waals surface area contributed by atoms with Crippen molar-refractivity contribution in [3.05, 3.63) is 0 Å². The number of hydrogen-bond acceptors (Lipinski definition) is 2. The summed E-state index contributed by atoms with van der Waals surface area (Å²) in [6, 6.07) is 0.235. The highest BCUT2D eigenvalue weighted by Crippen LogP contribution is 2.37. The Morgan fingerprint density at radius 1 is 1.33 bits per heavy atom. The summed E-state index contributed by atoms with van der Waals surface area (Å²) in [5, 5.41) is 3.06. The first kappa shape index (κ1) is 12.5. The van der Waals surface area contributed by atoms with Crippen LogP contribution in [0.2, 0.25) is 0 Å². The monoisotopic (exact) mass is 212 g/mol. The maximum atomic E-state index is 12.2. The molecule has 1 atom stereocenters. The second-order valence-electron chi connectivity index (χ2n) is 5.43. The SMILES string of the molecule is CC(C)NC(=O)C1(C(C)C)CCN(C)C1. The van der Waals surface area contributed by atoms with Crippen molar-refractivity contribution in [2.24, 2.45) is 11.3 Å². The highest BCUT2D eigenvalue weighted by atomic mass is 16.2. The van der Waals surface area contributed by atoms with Gasteiger partial charge < -0.3 is 10.2 Å². The second-order valence-corrected chi connectivity index (χ2v) is 5.43. The number of rotatable bonds is 3. The summed E-state index contributed by atoms with van der Waals surface area (Å²) in [6.45, 7) is 10.3. The topological polar surface area (TPSA) is 32.3 Å². The molecule has 0 saturated carbocycles. The van der Waals surface area contributed by atoms with Gasteiger partial charge in [0.2, 0.25) is 5.91 Å². The number of nitrogens with one attached hydrogen (secondary N) is 1. The van der Waals surface area contributed by atoms with Crippen molar-refractivity contribution in [1.29, 1.82) is 0 Å². The Hall–Kier alpha value is -0.570. The van der Waals surface area contributed by atoms with Crippen molar-refractivity contribution in [3.8, 4) is 0 Å². The summed E-state index contributed by atoms with van der Waals surface area (Å²) in [6.07, 6.45) is 0.986. The molecular formula is C12H24N2O. The van der Waals surface area contributed by atoms with E-state index in [0.29, 0.717) is 5.92 Å². The van der Waals surface area contributed by atoms with Crippen LogP contribution in [-0.4, -0.2) is 37.0 Å². The van der Waals surface area contributed by atoms with Gasteiger partial charge in [-0.25, -0.2) is 0 Å². The van der Waals surface area contributed by atoms with Crippen LogP contribution in [0.25, 0.3) is 0 Å². The average molecular weight is 212 g/mol. The van der Waals surface area contributed by atoms with Crippen molar-refractivity contribution in [3.63, 3.8) is 0 Å². The van der Waals surface area contributed by atoms with Gasteiger partial charge in [-0.2, -0.15) is 0 Å². The van der Waals surface area contributed by atoms with Crippen LogP contribution in [0, 0.1) is 11.3 Å². The van der Waals surface area contributed by atoms with Crippen LogP contribution in [0.3, 0.4) is 0 Å². The molecule has 1 N–H and O–H groups in total. The third-order valence-corrected chi connectivity index (χ3v) is 3.47. The lowest BCUT2D eigenvalue weighted by Crippen LogP contribution is -2.48. The van der Waals surface area contributed by atoms with Crippen molar-refractivity contribution >= 4 is 5.91 Å². The Bertz CT molecular complexity index is 238. The zero-order valence-electron chi connectivity index (χ0n) is 10.6. The summed E-state index contributed by atoms with van der Waals surface area (Å²) < 4.78 is 0. The van der Waals surface area contributed by atoms with Crippen molar-refractivity contribution in [1.82, 2.24) is 10.2 Å². The predicted molar refractivity (Wildman–Crippen MR) is 62.7 cm³/mol. The van der Waals surface area contributed by atoms with Crippen LogP contribution in [-0.2, 0) is 4.79 Å². The Labute approximate surface area is 93.2 Å².